The van der Waals surface area contributed by atoms with Crippen molar-refractivity contribution in [3.05, 3.63) is 29.0 Å². The Morgan fingerprint density at radius 3 is 2.50 bits per heavy atom. The number of rotatable bonds is 4. The number of hydrogen-bond donors (Lipinski definition) is 0. The first kappa shape index (κ1) is 14.9. The van der Waals surface area contributed by atoms with Crippen molar-refractivity contribution in [3.63, 3.8) is 0 Å². The van der Waals surface area contributed by atoms with E-state index < -0.39 is 10.0 Å². The van der Waals surface area contributed by atoms with Crippen molar-refractivity contribution in [1.29, 1.82) is 0 Å². The van der Waals surface area contributed by atoms with Crippen molar-refractivity contribution in [2.24, 2.45) is 0 Å². The molecule has 0 atom stereocenters. The lowest BCUT2D eigenvalue weighted by Gasteiger charge is -2.13. The van der Waals surface area contributed by atoms with Crippen molar-refractivity contribution in [2.45, 2.75) is 0 Å². The Hall–Kier alpha value is -1.54. The number of nitrogens with zero attached hydrogens (tertiary/aromatic N) is 2. The van der Waals surface area contributed by atoms with Gasteiger partial charge in [0.1, 0.15) is 0 Å². The van der Waals surface area contributed by atoms with Gasteiger partial charge >= 0.3 is 0 Å². The molecule has 2 aromatic rings. The van der Waals surface area contributed by atoms with E-state index >= 15 is 0 Å². The molecule has 0 bridgehead atoms. The molecule has 2 rings (SSSR count). The Balaban J connectivity index is 2.69. The van der Waals surface area contributed by atoms with E-state index in [1.54, 1.807) is 12.1 Å². The zero-order valence-electron chi connectivity index (χ0n) is 11.1. The minimum absolute atomic E-state index is 0.306. The van der Waals surface area contributed by atoms with Crippen molar-refractivity contribution in [1.82, 2.24) is 8.96 Å². The number of aromatic nitrogens is 2. The number of hydrogen-bond acceptors (Lipinski definition) is 5. The molecular formula is C12H13BrN2O4S. The van der Waals surface area contributed by atoms with Gasteiger partial charge in [-0.1, -0.05) is 0 Å². The summed E-state index contributed by atoms with van der Waals surface area (Å²) in [6.07, 6.45) is 3.94. The second-order valence-electron chi connectivity index (χ2n) is 3.97. The highest BCUT2D eigenvalue weighted by atomic mass is 79.9. The molecule has 8 heteroatoms. The normalized spacial score (nSPS) is 11.4. The van der Waals surface area contributed by atoms with Crippen LogP contribution in [0.25, 0.3) is 11.4 Å². The minimum atomic E-state index is -3.43. The standard InChI is InChI=1S/C12H13BrN2O4S/c1-18-9-5-4-8(10(13)11(9)19-2)12-14-6-7-15(12)20(3,16)17/h4-7H,1-3H3. The second kappa shape index (κ2) is 5.45. The molecule has 1 aromatic carbocycles. The molecule has 0 aliphatic carbocycles. The predicted octanol–water partition coefficient (Wildman–Crippen LogP) is 2.14. The average Bonchev–Trinajstić information content (AvgIpc) is 2.87. The van der Waals surface area contributed by atoms with Crippen LogP contribution in [0.15, 0.2) is 29.0 Å². The SMILES string of the molecule is COc1ccc(-c2nccn2S(C)(=O)=O)c(Br)c1OC. The van der Waals surface area contributed by atoms with E-state index in [0.717, 1.165) is 10.2 Å². The van der Waals surface area contributed by atoms with Gasteiger partial charge in [0.05, 0.1) is 24.9 Å². The predicted molar refractivity (Wildman–Crippen MR) is 78.7 cm³/mol. The van der Waals surface area contributed by atoms with E-state index in [1.165, 1.54) is 26.6 Å². The third-order valence-electron chi connectivity index (χ3n) is 2.69. The van der Waals surface area contributed by atoms with Crippen LogP contribution in [-0.2, 0) is 10.0 Å². The molecule has 0 aliphatic rings. The van der Waals surface area contributed by atoms with Crippen molar-refractivity contribution >= 4 is 26.0 Å². The summed E-state index contributed by atoms with van der Waals surface area (Å²) in [7, 11) is -0.391. The number of methoxy groups -OCH3 is 2. The molecule has 0 amide bonds. The molecular weight excluding hydrogens is 348 g/mol. The summed E-state index contributed by atoms with van der Waals surface area (Å²) in [5.41, 5.74) is 0.595. The Kier molecular flexibility index (Phi) is 4.05. The Bertz CT molecular complexity index is 740. The van der Waals surface area contributed by atoms with Gasteiger partial charge in [-0.25, -0.2) is 17.4 Å². The zero-order valence-corrected chi connectivity index (χ0v) is 13.5. The summed E-state index contributed by atoms with van der Waals surface area (Å²) in [5, 5.41) is 0. The maximum Gasteiger partial charge on any atom is 0.237 e. The van der Waals surface area contributed by atoms with Crippen molar-refractivity contribution in [2.75, 3.05) is 20.5 Å². The van der Waals surface area contributed by atoms with Crippen LogP contribution in [0.1, 0.15) is 0 Å². The Morgan fingerprint density at radius 2 is 1.95 bits per heavy atom. The van der Waals surface area contributed by atoms with E-state index in [4.69, 9.17) is 9.47 Å². The highest BCUT2D eigenvalue weighted by Gasteiger charge is 2.20. The van der Waals surface area contributed by atoms with Crippen LogP contribution >= 0.6 is 15.9 Å². The van der Waals surface area contributed by atoms with E-state index in [-0.39, 0.29) is 0 Å². The molecule has 108 valence electrons. The lowest BCUT2D eigenvalue weighted by atomic mass is 10.2. The van der Waals surface area contributed by atoms with Crippen molar-refractivity contribution < 1.29 is 17.9 Å². The number of imidazole rings is 1. The van der Waals surface area contributed by atoms with Crippen LogP contribution in [0.2, 0.25) is 0 Å². The van der Waals surface area contributed by atoms with Gasteiger partial charge in [-0.15, -0.1) is 0 Å². The maximum atomic E-state index is 11.7. The number of ether oxygens (including phenoxy) is 2. The molecule has 0 aliphatic heterocycles. The lowest BCUT2D eigenvalue weighted by molar-refractivity contribution is 0.353. The fourth-order valence-corrected chi connectivity index (χ4v) is 3.21. The van der Waals surface area contributed by atoms with Crippen LogP contribution in [0.4, 0.5) is 0 Å². The first-order chi connectivity index (χ1) is 9.40. The van der Waals surface area contributed by atoms with Crippen LogP contribution in [-0.4, -0.2) is 37.8 Å². The summed E-state index contributed by atoms with van der Waals surface area (Å²) in [6.45, 7) is 0. The molecule has 0 radical (unpaired) electrons. The van der Waals surface area contributed by atoms with Gasteiger partial charge in [-0.05, 0) is 28.1 Å². The van der Waals surface area contributed by atoms with Crippen LogP contribution < -0.4 is 9.47 Å². The van der Waals surface area contributed by atoms with Gasteiger partial charge < -0.3 is 9.47 Å². The highest BCUT2D eigenvalue weighted by molar-refractivity contribution is 9.10. The lowest BCUT2D eigenvalue weighted by Crippen LogP contribution is -2.10. The summed E-state index contributed by atoms with van der Waals surface area (Å²) in [4.78, 5) is 4.10. The zero-order chi connectivity index (χ0) is 14.9. The van der Waals surface area contributed by atoms with E-state index in [9.17, 15) is 8.42 Å². The molecule has 0 saturated carbocycles. The fourth-order valence-electron chi connectivity index (χ4n) is 1.81. The topological polar surface area (TPSA) is 70.4 Å². The van der Waals surface area contributed by atoms with Gasteiger partial charge in [0.2, 0.25) is 10.0 Å². The number of halogens is 1. The second-order valence-corrected chi connectivity index (χ2v) is 6.62. The average molecular weight is 361 g/mol. The van der Waals surface area contributed by atoms with Crippen LogP contribution in [0, 0.1) is 0 Å². The smallest absolute Gasteiger partial charge is 0.237 e. The summed E-state index contributed by atoms with van der Waals surface area (Å²) >= 11 is 3.40. The van der Waals surface area contributed by atoms with E-state index in [0.29, 0.717) is 27.4 Å². The molecule has 0 N–H and O–H groups in total. The third-order valence-corrected chi connectivity index (χ3v) is 4.49. The van der Waals surface area contributed by atoms with Crippen LogP contribution in [0.3, 0.4) is 0 Å². The monoisotopic (exact) mass is 360 g/mol. The third kappa shape index (κ3) is 2.53. The van der Waals surface area contributed by atoms with Crippen molar-refractivity contribution in [3.8, 4) is 22.9 Å². The molecule has 0 saturated heterocycles. The van der Waals surface area contributed by atoms with E-state index in [1.807, 2.05) is 0 Å². The Labute approximate surface area is 125 Å². The Morgan fingerprint density at radius 1 is 1.25 bits per heavy atom. The van der Waals surface area contributed by atoms with Gasteiger partial charge in [0.25, 0.3) is 0 Å². The summed E-state index contributed by atoms with van der Waals surface area (Å²) in [6, 6.07) is 3.41. The highest BCUT2D eigenvalue weighted by Crippen LogP contribution is 2.41. The summed E-state index contributed by atoms with van der Waals surface area (Å²) < 4.78 is 35.6. The maximum absolute atomic E-state index is 11.7. The largest absolute Gasteiger partial charge is 0.493 e. The molecule has 0 fully saturated rings. The van der Waals surface area contributed by atoms with Gasteiger partial charge in [-0.2, -0.15) is 0 Å². The molecule has 1 aromatic heterocycles. The van der Waals surface area contributed by atoms with Gasteiger partial charge in [0.15, 0.2) is 17.3 Å². The first-order valence-electron chi connectivity index (χ1n) is 5.55. The summed E-state index contributed by atoms with van der Waals surface area (Å²) in [5.74, 6) is 1.33. The van der Waals surface area contributed by atoms with Crippen LogP contribution in [0.5, 0.6) is 11.5 Å². The van der Waals surface area contributed by atoms with E-state index in [2.05, 4.69) is 20.9 Å². The quantitative estimate of drug-likeness (QED) is 0.835. The minimum Gasteiger partial charge on any atom is -0.493 e. The first-order valence-corrected chi connectivity index (χ1v) is 8.19. The molecule has 0 spiro atoms. The van der Waals surface area contributed by atoms with Gasteiger partial charge in [0, 0.05) is 18.0 Å². The molecule has 20 heavy (non-hydrogen) atoms. The molecule has 1 heterocycles. The number of benzene rings is 1. The molecule has 0 unspecified atom stereocenters. The van der Waals surface area contributed by atoms with Gasteiger partial charge in [-0.3, -0.25) is 0 Å². The fraction of sp³-hybridized carbons (Fsp3) is 0.250. The molecule has 6 nitrogen and oxygen atoms in total.